The van der Waals surface area contributed by atoms with Crippen LogP contribution in [0, 0.1) is 5.82 Å². The summed E-state index contributed by atoms with van der Waals surface area (Å²) in [5.41, 5.74) is 0.210. The van der Waals surface area contributed by atoms with Gasteiger partial charge < -0.3 is 10.3 Å². The number of rotatable bonds is 7. The van der Waals surface area contributed by atoms with E-state index in [1.807, 2.05) is 0 Å². The van der Waals surface area contributed by atoms with Gasteiger partial charge in [-0.15, -0.1) is 0 Å². The number of halogens is 2. The van der Waals surface area contributed by atoms with Crippen molar-refractivity contribution in [2.75, 3.05) is 11.9 Å². The number of aromatic nitrogens is 5. The van der Waals surface area contributed by atoms with Crippen LogP contribution in [0.3, 0.4) is 0 Å². The lowest BCUT2D eigenvalue weighted by Gasteiger charge is -2.30. The standard InChI is InChI=1S/C19H20F2N6O/c1-12(20)6-19(2,16-15(21)4-3-5-22-16)11-27-17-23-7-13(8-24-17)14-9-25-18(28)26-10-14/h3-5,7-10,12H,6,11H2,1-2H3,(H,23,24,27)(H,25,26,28)/t12-,19-/m1/s1. The summed E-state index contributed by atoms with van der Waals surface area (Å²) in [6, 6.07) is 2.81. The van der Waals surface area contributed by atoms with Gasteiger partial charge in [0.2, 0.25) is 5.95 Å². The van der Waals surface area contributed by atoms with Crippen molar-refractivity contribution in [1.29, 1.82) is 0 Å². The van der Waals surface area contributed by atoms with Gasteiger partial charge in [-0.05, 0) is 25.5 Å². The number of nitrogens with zero attached hydrogens (tertiary/aromatic N) is 4. The van der Waals surface area contributed by atoms with Gasteiger partial charge >= 0.3 is 5.69 Å². The first-order valence-corrected chi connectivity index (χ1v) is 8.73. The Kier molecular flexibility index (Phi) is 5.72. The number of pyridine rings is 1. The molecule has 0 fully saturated rings. The molecule has 2 atom stereocenters. The van der Waals surface area contributed by atoms with Crippen molar-refractivity contribution < 1.29 is 8.78 Å². The third kappa shape index (κ3) is 4.54. The molecule has 146 valence electrons. The van der Waals surface area contributed by atoms with Gasteiger partial charge in [0.15, 0.2) is 0 Å². The molecule has 0 aromatic carbocycles. The van der Waals surface area contributed by atoms with Gasteiger partial charge in [0.25, 0.3) is 0 Å². The third-order valence-electron chi connectivity index (χ3n) is 4.36. The van der Waals surface area contributed by atoms with E-state index in [0.29, 0.717) is 17.1 Å². The van der Waals surface area contributed by atoms with Gasteiger partial charge in [-0.1, -0.05) is 6.92 Å². The molecule has 3 rings (SSSR count). The van der Waals surface area contributed by atoms with E-state index in [2.05, 4.69) is 30.2 Å². The number of hydrogen-bond acceptors (Lipinski definition) is 6. The first-order chi connectivity index (χ1) is 13.4. The Balaban J connectivity index is 1.77. The van der Waals surface area contributed by atoms with E-state index in [1.165, 1.54) is 37.6 Å². The maximum absolute atomic E-state index is 14.3. The van der Waals surface area contributed by atoms with Crippen LogP contribution in [-0.2, 0) is 5.41 Å². The van der Waals surface area contributed by atoms with E-state index in [4.69, 9.17) is 0 Å². The van der Waals surface area contributed by atoms with Crippen LogP contribution in [0.4, 0.5) is 14.7 Å². The van der Waals surface area contributed by atoms with E-state index < -0.39 is 23.1 Å². The van der Waals surface area contributed by atoms with Crippen molar-refractivity contribution in [3.8, 4) is 11.1 Å². The van der Waals surface area contributed by atoms with Crippen molar-refractivity contribution in [3.05, 3.63) is 65.1 Å². The summed E-state index contributed by atoms with van der Waals surface area (Å²) in [7, 11) is 0. The molecule has 0 unspecified atom stereocenters. The second-order valence-corrected chi connectivity index (χ2v) is 6.84. The Bertz CT molecular complexity index is 972. The fraction of sp³-hybridized carbons (Fsp3) is 0.316. The van der Waals surface area contributed by atoms with Crippen molar-refractivity contribution in [3.63, 3.8) is 0 Å². The third-order valence-corrected chi connectivity index (χ3v) is 4.36. The van der Waals surface area contributed by atoms with E-state index in [9.17, 15) is 13.6 Å². The fourth-order valence-corrected chi connectivity index (χ4v) is 3.05. The van der Waals surface area contributed by atoms with Crippen LogP contribution >= 0.6 is 0 Å². The highest BCUT2D eigenvalue weighted by Gasteiger charge is 2.33. The Labute approximate surface area is 160 Å². The van der Waals surface area contributed by atoms with E-state index >= 15 is 0 Å². The van der Waals surface area contributed by atoms with E-state index in [1.54, 1.807) is 19.3 Å². The maximum atomic E-state index is 14.3. The number of hydrogen-bond donors (Lipinski definition) is 2. The van der Waals surface area contributed by atoms with Crippen LogP contribution in [0.15, 0.2) is 47.9 Å². The number of anilines is 1. The van der Waals surface area contributed by atoms with Crippen LogP contribution in [-0.4, -0.2) is 37.6 Å². The topological polar surface area (TPSA) is 96.5 Å². The van der Waals surface area contributed by atoms with Crippen LogP contribution in [0.1, 0.15) is 26.0 Å². The second kappa shape index (κ2) is 8.20. The van der Waals surface area contributed by atoms with Crippen LogP contribution in [0.5, 0.6) is 0 Å². The van der Waals surface area contributed by atoms with E-state index in [-0.39, 0.29) is 18.7 Å². The molecule has 7 nitrogen and oxygen atoms in total. The molecule has 0 aliphatic carbocycles. The molecule has 3 aromatic heterocycles. The molecule has 0 amide bonds. The SMILES string of the molecule is C[C@@H](F)C[C@](C)(CNc1ncc(-c2cnc(=O)[nH]c2)cn1)c1ncccc1F. The molecular weight excluding hydrogens is 366 g/mol. The minimum absolute atomic E-state index is 0.0923. The summed E-state index contributed by atoms with van der Waals surface area (Å²) >= 11 is 0. The van der Waals surface area contributed by atoms with Crippen molar-refractivity contribution in [2.24, 2.45) is 0 Å². The highest BCUT2D eigenvalue weighted by atomic mass is 19.1. The smallest absolute Gasteiger partial charge is 0.344 e. The second-order valence-electron chi connectivity index (χ2n) is 6.84. The Morgan fingerprint density at radius 1 is 1.18 bits per heavy atom. The molecule has 0 radical (unpaired) electrons. The molecule has 0 aliphatic heterocycles. The van der Waals surface area contributed by atoms with E-state index in [0.717, 1.165) is 0 Å². The highest BCUT2D eigenvalue weighted by molar-refractivity contribution is 5.59. The minimum atomic E-state index is -1.13. The zero-order valence-electron chi connectivity index (χ0n) is 15.5. The first-order valence-electron chi connectivity index (χ1n) is 8.73. The van der Waals surface area contributed by atoms with Gasteiger partial charge in [-0.3, -0.25) is 4.98 Å². The molecule has 9 heteroatoms. The average Bonchev–Trinajstić information content (AvgIpc) is 2.67. The van der Waals surface area contributed by atoms with Crippen molar-refractivity contribution in [1.82, 2.24) is 24.9 Å². The number of nitrogens with one attached hydrogen (secondary N) is 2. The number of alkyl halides is 1. The predicted molar refractivity (Wildman–Crippen MR) is 101 cm³/mol. The highest BCUT2D eigenvalue weighted by Crippen LogP contribution is 2.30. The first kappa shape index (κ1) is 19.5. The molecule has 0 aliphatic rings. The van der Waals surface area contributed by atoms with Gasteiger partial charge in [0, 0.05) is 54.1 Å². The zero-order chi connectivity index (χ0) is 20.1. The lowest BCUT2D eigenvalue weighted by Crippen LogP contribution is -2.36. The lowest BCUT2D eigenvalue weighted by atomic mass is 9.81. The summed E-state index contributed by atoms with van der Waals surface area (Å²) in [5.74, 6) is -0.163. The minimum Gasteiger partial charge on any atom is -0.353 e. The maximum Gasteiger partial charge on any atom is 0.344 e. The predicted octanol–water partition coefficient (Wildman–Crippen LogP) is 2.88. The largest absolute Gasteiger partial charge is 0.353 e. The summed E-state index contributed by atoms with van der Waals surface area (Å²) in [6.45, 7) is 3.39. The van der Waals surface area contributed by atoms with Gasteiger partial charge in [0.05, 0.1) is 11.9 Å². The number of aromatic amines is 1. The quantitative estimate of drug-likeness (QED) is 0.648. The van der Waals surface area contributed by atoms with Crippen LogP contribution in [0.2, 0.25) is 0 Å². The zero-order valence-corrected chi connectivity index (χ0v) is 15.5. The van der Waals surface area contributed by atoms with Crippen molar-refractivity contribution in [2.45, 2.75) is 31.9 Å². The molecule has 0 saturated carbocycles. The molecule has 0 saturated heterocycles. The van der Waals surface area contributed by atoms with Gasteiger partial charge in [-0.25, -0.2) is 28.5 Å². The molecule has 2 N–H and O–H groups in total. The molecular formula is C19H20F2N6O. The fourth-order valence-electron chi connectivity index (χ4n) is 3.05. The summed E-state index contributed by atoms with van der Waals surface area (Å²) in [4.78, 5) is 29.7. The Morgan fingerprint density at radius 3 is 2.50 bits per heavy atom. The molecule has 0 bridgehead atoms. The van der Waals surface area contributed by atoms with Crippen LogP contribution < -0.4 is 11.0 Å². The molecule has 0 spiro atoms. The summed E-state index contributed by atoms with van der Waals surface area (Å²) < 4.78 is 28.0. The summed E-state index contributed by atoms with van der Waals surface area (Å²) in [5, 5.41) is 3.04. The normalized spacial score (nSPS) is 14.3. The molecule has 28 heavy (non-hydrogen) atoms. The van der Waals surface area contributed by atoms with Crippen LogP contribution in [0.25, 0.3) is 11.1 Å². The average molecular weight is 386 g/mol. The van der Waals surface area contributed by atoms with Crippen molar-refractivity contribution >= 4 is 5.95 Å². The summed E-state index contributed by atoms with van der Waals surface area (Å²) in [6.07, 6.45) is 6.53. The van der Waals surface area contributed by atoms with Gasteiger partial charge in [0.1, 0.15) is 5.82 Å². The Morgan fingerprint density at radius 2 is 1.89 bits per heavy atom. The Hall–Kier alpha value is -3.23. The lowest BCUT2D eigenvalue weighted by molar-refractivity contribution is 0.267. The molecule has 3 aromatic rings. The molecule has 3 heterocycles. The van der Waals surface area contributed by atoms with Gasteiger partial charge in [-0.2, -0.15) is 0 Å². The number of H-pyrrole nitrogens is 1. The monoisotopic (exact) mass is 386 g/mol.